The molecular formula is C15H29NO2S. The van der Waals surface area contributed by atoms with Crippen molar-refractivity contribution in [3.8, 4) is 5.40 Å². The fourth-order valence-electron chi connectivity index (χ4n) is 1.81. The van der Waals surface area contributed by atoms with E-state index in [-0.39, 0.29) is 5.97 Å². The SMILES string of the molecule is CCCCCCCCCCCC(=O)OCC.N#CS. The van der Waals surface area contributed by atoms with Crippen LogP contribution in [0, 0.1) is 10.7 Å². The first-order valence-corrected chi connectivity index (χ1v) is 7.86. The van der Waals surface area contributed by atoms with Gasteiger partial charge in [-0.15, -0.1) is 0 Å². The lowest BCUT2D eigenvalue weighted by atomic mass is 10.1. The summed E-state index contributed by atoms with van der Waals surface area (Å²) in [6, 6.07) is 0. The van der Waals surface area contributed by atoms with Crippen molar-refractivity contribution in [2.75, 3.05) is 6.61 Å². The maximum atomic E-state index is 11.0. The average molecular weight is 287 g/mol. The Balaban J connectivity index is 0. The van der Waals surface area contributed by atoms with Crippen molar-refractivity contribution in [2.24, 2.45) is 0 Å². The number of ether oxygens (including phenoxy) is 1. The number of carbonyl (C=O) groups is 1. The van der Waals surface area contributed by atoms with Gasteiger partial charge in [0.15, 0.2) is 0 Å². The van der Waals surface area contributed by atoms with Crippen molar-refractivity contribution in [1.29, 1.82) is 5.26 Å². The smallest absolute Gasteiger partial charge is 0.305 e. The molecule has 0 aromatic rings. The highest BCUT2D eigenvalue weighted by Crippen LogP contribution is 2.10. The molecule has 3 nitrogen and oxygen atoms in total. The maximum Gasteiger partial charge on any atom is 0.305 e. The van der Waals surface area contributed by atoms with Crippen LogP contribution in [0.25, 0.3) is 0 Å². The molecule has 0 aliphatic carbocycles. The molecule has 0 aromatic carbocycles. The summed E-state index contributed by atoms with van der Waals surface area (Å²) in [5.41, 5.74) is 0. The Labute approximate surface area is 124 Å². The molecule has 0 spiro atoms. The Bertz CT molecular complexity index is 227. The molecule has 0 radical (unpaired) electrons. The van der Waals surface area contributed by atoms with Crippen LogP contribution in [-0.4, -0.2) is 12.6 Å². The normalized spacial score (nSPS) is 9.16. The molecule has 0 bridgehead atoms. The first kappa shape index (κ1) is 20.6. The highest BCUT2D eigenvalue weighted by Gasteiger charge is 2.00. The van der Waals surface area contributed by atoms with Crippen LogP contribution < -0.4 is 0 Å². The number of hydrogen-bond donors (Lipinski definition) is 1. The molecule has 0 heterocycles. The van der Waals surface area contributed by atoms with Crippen LogP contribution in [0.1, 0.15) is 78.1 Å². The van der Waals surface area contributed by atoms with Crippen LogP contribution in [0.4, 0.5) is 0 Å². The zero-order chi connectivity index (χ0) is 14.8. The van der Waals surface area contributed by atoms with Gasteiger partial charge in [0.25, 0.3) is 0 Å². The Morgan fingerprint density at radius 2 is 1.42 bits per heavy atom. The van der Waals surface area contributed by atoms with Gasteiger partial charge >= 0.3 is 5.97 Å². The second-order valence-electron chi connectivity index (χ2n) is 4.48. The summed E-state index contributed by atoms with van der Waals surface area (Å²) in [6.45, 7) is 4.61. The van der Waals surface area contributed by atoms with Crippen LogP contribution in [-0.2, 0) is 9.53 Å². The summed E-state index contributed by atoms with van der Waals surface area (Å²) in [5.74, 6) is -0.0366. The fraction of sp³-hybridized carbons (Fsp3) is 0.867. The van der Waals surface area contributed by atoms with Crippen molar-refractivity contribution < 1.29 is 9.53 Å². The summed E-state index contributed by atoms with van der Waals surface area (Å²) >= 11 is 3.09. The predicted molar refractivity (Wildman–Crippen MR) is 83.1 cm³/mol. The van der Waals surface area contributed by atoms with Gasteiger partial charge in [-0.3, -0.25) is 4.79 Å². The molecule has 0 unspecified atom stereocenters. The molecule has 0 fully saturated rings. The average Bonchev–Trinajstić information content (AvgIpc) is 2.38. The number of unbranched alkanes of at least 4 members (excludes halogenated alkanes) is 8. The van der Waals surface area contributed by atoms with Gasteiger partial charge in [0.05, 0.1) is 6.61 Å². The summed E-state index contributed by atoms with van der Waals surface area (Å²) in [7, 11) is 0. The van der Waals surface area contributed by atoms with Crippen molar-refractivity contribution in [2.45, 2.75) is 78.1 Å². The standard InChI is InChI=1S/C14H28O2.CHNS/c1-3-5-6-7-8-9-10-11-12-13-14(15)16-4-2;2-1-3/h3-13H2,1-2H3;3H. The molecule has 0 atom stereocenters. The third-order valence-corrected chi connectivity index (χ3v) is 2.79. The summed E-state index contributed by atoms with van der Waals surface area (Å²) in [5, 5.41) is 8.63. The van der Waals surface area contributed by atoms with Crippen molar-refractivity contribution in [3.05, 3.63) is 0 Å². The third kappa shape index (κ3) is 22.9. The van der Waals surface area contributed by atoms with E-state index in [1.54, 1.807) is 0 Å². The van der Waals surface area contributed by atoms with Crippen LogP contribution in [0.2, 0.25) is 0 Å². The van der Waals surface area contributed by atoms with E-state index in [0.29, 0.717) is 13.0 Å². The molecule has 0 aliphatic rings. The molecule has 0 N–H and O–H groups in total. The van der Waals surface area contributed by atoms with E-state index in [2.05, 4.69) is 19.6 Å². The van der Waals surface area contributed by atoms with Gasteiger partial charge in [-0.1, -0.05) is 70.9 Å². The predicted octanol–water partition coefficient (Wildman–Crippen LogP) is 4.87. The topological polar surface area (TPSA) is 50.1 Å². The van der Waals surface area contributed by atoms with Crippen LogP contribution in [0.3, 0.4) is 0 Å². The van der Waals surface area contributed by atoms with E-state index < -0.39 is 0 Å². The third-order valence-electron chi connectivity index (χ3n) is 2.79. The largest absolute Gasteiger partial charge is 0.466 e. The van der Waals surface area contributed by atoms with Gasteiger partial charge in [-0.25, -0.2) is 0 Å². The maximum absolute atomic E-state index is 11.0. The number of thiol groups is 1. The minimum Gasteiger partial charge on any atom is -0.466 e. The molecule has 0 amide bonds. The molecule has 0 saturated carbocycles. The van der Waals surface area contributed by atoms with E-state index in [1.165, 1.54) is 56.8 Å². The number of nitriles is 1. The van der Waals surface area contributed by atoms with Gasteiger partial charge in [-0.05, 0) is 13.3 Å². The lowest BCUT2D eigenvalue weighted by molar-refractivity contribution is -0.143. The highest BCUT2D eigenvalue weighted by molar-refractivity contribution is 7.85. The van der Waals surface area contributed by atoms with Crippen LogP contribution in [0.5, 0.6) is 0 Å². The van der Waals surface area contributed by atoms with Crippen molar-refractivity contribution >= 4 is 18.6 Å². The first-order chi connectivity index (χ1) is 9.22. The number of hydrogen-bond acceptors (Lipinski definition) is 4. The van der Waals surface area contributed by atoms with Crippen molar-refractivity contribution in [3.63, 3.8) is 0 Å². The number of thiocyanates is 1. The van der Waals surface area contributed by atoms with Crippen LogP contribution >= 0.6 is 12.6 Å². The lowest BCUT2D eigenvalue weighted by Crippen LogP contribution is -2.03. The van der Waals surface area contributed by atoms with Gasteiger partial charge in [0.1, 0.15) is 5.40 Å². The molecule has 0 rings (SSSR count). The highest BCUT2D eigenvalue weighted by atomic mass is 32.1. The quantitative estimate of drug-likeness (QED) is 0.255. The number of rotatable bonds is 11. The zero-order valence-electron chi connectivity index (χ0n) is 12.5. The van der Waals surface area contributed by atoms with Gasteiger partial charge in [-0.2, -0.15) is 5.26 Å². The van der Waals surface area contributed by atoms with E-state index in [4.69, 9.17) is 10.00 Å². The molecule has 19 heavy (non-hydrogen) atoms. The van der Waals surface area contributed by atoms with E-state index in [1.807, 2.05) is 6.92 Å². The summed E-state index contributed by atoms with van der Waals surface area (Å²) in [6.07, 6.45) is 12.2. The summed E-state index contributed by atoms with van der Waals surface area (Å²) in [4.78, 5) is 11.0. The van der Waals surface area contributed by atoms with Gasteiger partial charge in [0.2, 0.25) is 0 Å². The number of esters is 1. The molecular weight excluding hydrogens is 258 g/mol. The van der Waals surface area contributed by atoms with Gasteiger partial charge < -0.3 is 4.74 Å². The monoisotopic (exact) mass is 287 g/mol. The van der Waals surface area contributed by atoms with Crippen LogP contribution in [0.15, 0.2) is 0 Å². The molecule has 0 aliphatic heterocycles. The Morgan fingerprint density at radius 3 is 1.84 bits per heavy atom. The second-order valence-corrected chi connectivity index (χ2v) is 4.68. The van der Waals surface area contributed by atoms with Gasteiger partial charge in [0, 0.05) is 6.42 Å². The zero-order valence-corrected chi connectivity index (χ0v) is 13.4. The number of carbonyl (C=O) groups excluding carboxylic acids is 1. The molecule has 0 aromatic heterocycles. The second kappa shape index (κ2) is 19.6. The van der Waals surface area contributed by atoms with E-state index in [9.17, 15) is 4.79 Å². The van der Waals surface area contributed by atoms with E-state index >= 15 is 0 Å². The Hall–Kier alpha value is -0.690. The minimum atomic E-state index is -0.0366. The minimum absolute atomic E-state index is 0.0366. The molecule has 0 saturated heterocycles. The summed E-state index contributed by atoms with van der Waals surface area (Å²) < 4.78 is 4.87. The van der Waals surface area contributed by atoms with Crippen molar-refractivity contribution in [1.82, 2.24) is 0 Å². The lowest BCUT2D eigenvalue weighted by Gasteiger charge is -2.02. The Morgan fingerprint density at radius 1 is 1.00 bits per heavy atom. The number of nitrogens with zero attached hydrogens (tertiary/aromatic N) is 1. The molecule has 112 valence electrons. The first-order valence-electron chi connectivity index (χ1n) is 7.41. The fourth-order valence-corrected chi connectivity index (χ4v) is 1.81. The molecule has 4 heteroatoms. The van der Waals surface area contributed by atoms with E-state index in [0.717, 1.165) is 6.42 Å². The Kier molecular flexibility index (Phi) is 21.3.